The Hall–Kier alpha value is -3.77. The maximum Gasteiger partial charge on any atom is 0.238 e. The van der Waals surface area contributed by atoms with Crippen LogP contribution in [0.5, 0.6) is 5.75 Å². The van der Waals surface area contributed by atoms with Crippen LogP contribution in [0.3, 0.4) is 0 Å². The highest BCUT2D eigenvalue weighted by Crippen LogP contribution is 2.29. The Bertz CT molecular complexity index is 1180. The fraction of sp³-hybridized carbons (Fsp3) is 0.192. The molecule has 0 atom stereocenters. The van der Waals surface area contributed by atoms with E-state index >= 15 is 0 Å². The van der Waals surface area contributed by atoms with Crippen LogP contribution >= 0.6 is 0 Å². The van der Waals surface area contributed by atoms with Crippen molar-refractivity contribution >= 4 is 23.2 Å². The van der Waals surface area contributed by atoms with Gasteiger partial charge in [-0.15, -0.1) is 0 Å². The monoisotopic (exact) mass is 428 g/mol. The first-order valence-electron chi connectivity index (χ1n) is 10.5. The molecule has 0 bridgehead atoms. The summed E-state index contributed by atoms with van der Waals surface area (Å²) >= 11 is 0. The minimum Gasteiger partial charge on any atom is -0.494 e. The van der Waals surface area contributed by atoms with Crippen molar-refractivity contribution < 1.29 is 19.1 Å². The van der Waals surface area contributed by atoms with Crippen molar-refractivity contribution in [1.29, 1.82) is 0 Å². The van der Waals surface area contributed by atoms with E-state index in [1.807, 2.05) is 43.1 Å². The predicted molar refractivity (Wildman–Crippen MR) is 122 cm³/mol. The molecule has 3 aromatic carbocycles. The zero-order valence-electron chi connectivity index (χ0n) is 18.1. The Kier molecular flexibility index (Phi) is 6.14. The first-order chi connectivity index (χ1) is 15.5. The summed E-state index contributed by atoms with van der Waals surface area (Å²) in [6.07, 6.45) is 0. The number of nitrogens with zero attached hydrogens (tertiary/aromatic N) is 1. The van der Waals surface area contributed by atoms with E-state index in [1.54, 1.807) is 42.5 Å². The van der Waals surface area contributed by atoms with Crippen molar-refractivity contribution in [2.45, 2.75) is 13.5 Å². The van der Waals surface area contributed by atoms with Crippen LogP contribution in [-0.2, 0) is 11.3 Å². The quantitative estimate of drug-likeness (QED) is 0.483. The number of anilines is 1. The van der Waals surface area contributed by atoms with E-state index in [2.05, 4.69) is 5.32 Å². The summed E-state index contributed by atoms with van der Waals surface area (Å²) < 4.78 is 5.45. The van der Waals surface area contributed by atoms with Crippen molar-refractivity contribution in [3.8, 4) is 5.75 Å². The first kappa shape index (κ1) is 21.5. The molecule has 32 heavy (non-hydrogen) atoms. The second-order valence-corrected chi connectivity index (χ2v) is 7.76. The zero-order chi connectivity index (χ0) is 22.7. The standard InChI is InChI=1S/C26H24N2O4/c1-3-32-19-11-8-17(9-12-19)15-28(2)16-24(29)27-18-10-13-22-23(14-18)26(31)21-7-5-4-6-20(21)25(22)30/h4-14H,3,15-16H2,1-2H3,(H,27,29). The molecule has 6 heteroatoms. The Labute approximate surface area is 186 Å². The van der Waals surface area contributed by atoms with Gasteiger partial charge in [-0.2, -0.15) is 0 Å². The number of nitrogens with one attached hydrogen (secondary N) is 1. The molecule has 0 fully saturated rings. The van der Waals surface area contributed by atoms with Crippen molar-refractivity contribution in [3.63, 3.8) is 0 Å². The highest BCUT2D eigenvalue weighted by molar-refractivity contribution is 6.28. The average Bonchev–Trinajstić information content (AvgIpc) is 2.79. The van der Waals surface area contributed by atoms with Gasteiger partial charge in [-0.3, -0.25) is 19.3 Å². The third kappa shape index (κ3) is 4.45. The van der Waals surface area contributed by atoms with Gasteiger partial charge in [-0.1, -0.05) is 36.4 Å². The van der Waals surface area contributed by atoms with Crippen LogP contribution in [0.15, 0.2) is 66.7 Å². The fourth-order valence-electron chi connectivity index (χ4n) is 3.85. The van der Waals surface area contributed by atoms with E-state index in [1.165, 1.54) is 0 Å². The predicted octanol–water partition coefficient (Wildman–Crippen LogP) is 3.93. The summed E-state index contributed by atoms with van der Waals surface area (Å²) in [4.78, 5) is 40.0. The van der Waals surface area contributed by atoms with E-state index in [-0.39, 0.29) is 24.0 Å². The molecule has 1 aliphatic rings. The number of ketones is 2. The van der Waals surface area contributed by atoms with Gasteiger partial charge in [0.1, 0.15) is 5.75 Å². The Morgan fingerprint density at radius 3 is 2.16 bits per heavy atom. The lowest BCUT2D eigenvalue weighted by atomic mass is 9.84. The molecule has 6 nitrogen and oxygen atoms in total. The van der Waals surface area contributed by atoms with Gasteiger partial charge in [0.05, 0.1) is 13.2 Å². The lowest BCUT2D eigenvalue weighted by molar-refractivity contribution is -0.117. The second kappa shape index (κ2) is 9.16. The smallest absolute Gasteiger partial charge is 0.238 e. The van der Waals surface area contributed by atoms with Gasteiger partial charge in [-0.05, 0) is 49.9 Å². The first-order valence-corrected chi connectivity index (χ1v) is 10.5. The number of hydrogen-bond donors (Lipinski definition) is 1. The van der Waals surface area contributed by atoms with Gasteiger partial charge in [0.25, 0.3) is 0 Å². The minimum atomic E-state index is -0.209. The Morgan fingerprint density at radius 2 is 1.50 bits per heavy atom. The molecule has 1 amide bonds. The number of carbonyl (C=O) groups is 3. The van der Waals surface area contributed by atoms with Gasteiger partial charge >= 0.3 is 0 Å². The zero-order valence-corrected chi connectivity index (χ0v) is 18.1. The van der Waals surface area contributed by atoms with Crippen molar-refractivity contribution in [2.24, 2.45) is 0 Å². The van der Waals surface area contributed by atoms with E-state index < -0.39 is 0 Å². The molecule has 0 aliphatic heterocycles. The summed E-state index contributed by atoms with van der Waals surface area (Å²) in [5, 5.41) is 2.83. The molecule has 3 aromatic rings. The number of amides is 1. The molecule has 1 N–H and O–H groups in total. The molecule has 4 rings (SSSR count). The van der Waals surface area contributed by atoms with Crippen molar-refractivity contribution in [1.82, 2.24) is 4.90 Å². The maximum atomic E-state index is 12.9. The van der Waals surface area contributed by atoms with E-state index in [9.17, 15) is 14.4 Å². The van der Waals surface area contributed by atoms with Crippen molar-refractivity contribution in [2.75, 3.05) is 25.5 Å². The molecular formula is C26H24N2O4. The molecule has 0 heterocycles. The van der Waals surface area contributed by atoms with Crippen LogP contribution < -0.4 is 10.1 Å². The van der Waals surface area contributed by atoms with Crippen LogP contribution in [0.2, 0.25) is 0 Å². The molecule has 1 aliphatic carbocycles. The topological polar surface area (TPSA) is 75.7 Å². The van der Waals surface area contributed by atoms with E-state index in [0.29, 0.717) is 41.1 Å². The number of carbonyl (C=O) groups excluding carboxylic acids is 3. The third-order valence-corrected chi connectivity index (χ3v) is 5.31. The van der Waals surface area contributed by atoms with Crippen LogP contribution in [0.1, 0.15) is 44.3 Å². The van der Waals surface area contributed by atoms with Crippen LogP contribution in [0.4, 0.5) is 5.69 Å². The van der Waals surface area contributed by atoms with E-state index in [0.717, 1.165) is 11.3 Å². The molecule has 0 aromatic heterocycles. The van der Waals surface area contributed by atoms with Crippen LogP contribution in [0.25, 0.3) is 0 Å². The van der Waals surface area contributed by atoms with Gasteiger partial charge < -0.3 is 10.1 Å². The average molecular weight is 428 g/mol. The van der Waals surface area contributed by atoms with E-state index in [4.69, 9.17) is 4.74 Å². The van der Waals surface area contributed by atoms with Gasteiger partial charge in [0.2, 0.25) is 5.91 Å². The van der Waals surface area contributed by atoms with Gasteiger partial charge in [0, 0.05) is 34.5 Å². The summed E-state index contributed by atoms with van der Waals surface area (Å²) in [6.45, 7) is 3.34. The summed E-state index contributed by atoms with van der Waals surface area (Å²) in [6, 6.07) is 19.4. The number of ether oxygens (including phenoxy) is 1. The molecule has 0 saturated heterocycles. The normalized spacial score (nSPS) is 12.3. The van der Waals surface area contributed by atoms with Gasteiger partial charge in [-0.25, -0.2) is 0 Å². The highest BCUT2D eigenvalue weighted by atomic mass is 16.5. The van der Waals surface area contributed by atoms with Crippen LogP contribution in [0, 0.1) is 0 Å². The molecule has 0 saturated carbocycles. The summed E-state index contributed by atoms with van der Waals surface area (Å²) in [5.74, 6) is 0.232. The number of hydrogen-bond acceptors (Lipinski definition) is 5. The Balaban J connectivity index is 1.40. The SMILES string of the molecule is CCOc1ccc(CN(C)CC(=O)Nc2ccc3c(c2)C(=O)c2ccccc2C3=O)cc1. The van der Waals surface area contributed by atoms with Crippen LogP contribution in [-0.4, -0.2) is 42.6 Å². The number of rotatable bonds is 7. The number of likely N-dealkylation sites (N-methyl/N-ethyl adjacent to an activating group) is 1. The largest absolute Gasteiger partial charge is 0.494 e. The summed E-state index contributed by atoms with van der Waals surface area (Å²) in [7, 11) is 1.86. The second-order valence-electron chi connectivity index (χ2n) is 7.76. The van der Waals surface area contributed by atoms with Crippen molar-refractivity contribution in [3.05, 3.63) is 94.5 Å². The molecule has 0 radical (unpaired) electrons. The third-order valence-electron chi connectivity index (χ3n) is 5.31. The lowest BCUT2D eigenvalue weighted by Gasteiger charge is -2.19. The minimum absolute atomic E-state index is 0.178. The number of fused-ring (bicyclic) bond motifs is 2. The molecule has 0 spiro atoms. The fourth-order valence-corrected chi connectivity index (χ4v) is 3.85. The molecular weight excluding hydrogens is 404 g/mol. The highest BCUT2D eigenvalue weighted by Gasteiger charge is 2.29. The number of benzene rings is 3. The van der Waals surface area contributed by atoms with Gasteiger partial charge in [0.15, 0.2) is 11.6 Å². The maximum absolute atomic E-state index is 12.9. The lowest BCUT2D eigenvalue weighted by Crippen LogP contribution is -2.30. The summed E-state index contributed by atoms with van der Waals surface area (Å²) in [5.41, 5.74) is 3.04. The Morgan fingerprint density at radius 1 is 0.875 bits per heavy atom. The molecule has 162 valence electrons. The molecule has 0 unspecified atom stereocenters.